The molecule has 0 unspecified atom stereocenters. The van der Waals surface area contributed by atoms with Gasteiger partial charge in [0.15, 0.2) is 0 Å². The van der Waals surface area contributed by atoms with Crippen LogP contribution in [0, 0.1) is 5.82 Å². The summed E-state index contributed by atoms with van der Waals surface area (Å²) in [7, 11) is 0. The van der Waals surface area contributed by atoms with Gasteiger partial charge in [-0.3, -0.25) is 25.0 Å². The van der Waals surface area contributed by atoms with Gasteiger partial charge < -0.3 is 9.72 Å². The maximum absolute atomic E-state index is 14.7. The van der Waals surface area contributed by atoms with Crippen molar-refractivity contribution in [3.63, 3.8) is 0 Å². The van der Waals surface area contributed by atoms with Crippen molar-refractivity contribution in [3.05, 3.63) is 73.1 Å². The van der Waals surface area contributed by atoms with Crippen molar-refractivity contribution < 1.29 is 9.13 Å². The summed E-state index contributed by atoms with van der Waals surface area (Å²) in [6.45, 7) is 3.56. The molecular formula is C29H25FN8O. The van der Waals surface area contributed by atoms with E-state index in [1.54, 1.807) is 24.8 Å². The first-order valence-electron chi connectivity index (χ1n) is 13.0. The van der Waals surface area contributed by atoms with E-state index in [4.69, 9.17) is 9.72 Å². The van der Waals surface area contributed by atoms with Gasteiger partial charge in [-0.25, -0.2) is 9.37 Å². The van der Waals surface area contributed by atoms with Gasteiger partial charge in [-0.15, -0.1) is 0 Å². The van der Waals surface area contributed by atoms with E-state index in [0.717, 1.165) is 41.7 Å². The second-order valence-electron chi connectivity index (χ2n) is 9.63. The lowest BCUT2D eigenvalue weighted by Gasteiger charge is -2.15. The summed E-state index contributed by atoms with van der Waals surface area (Å²) in [4.78, 5) is 23.7. The lowest BCUT2D eigenvalue weighted by Crippen LogP contribution is -2.25. The molecule has 0 spiro atoms. The highest BCUT2D eigenvalue weighted by atomic mass is 19.1. The summed E-state index contributed by atoms with van der Waals surface area (Å²) in [5, 5.41) is 8.44. The van der Waals surface area contributed by atoms with E-state index < -0.39 is 0 Å². The average molecular weight is 521 g/mol. The SMILES string of the molecule is Fc1cc(OCCN2CCCC2)cc(-c2nccc3[nH]c(-c4n[nH]c5ccc(-c6cnccn6)nc45)cc23)c1. The van der Waals surface area contributed by atoms with Gasteiger partial charge in [-0.05, 0) is 62.3 Å². The third kappa shape index (κ3) is 4.59. The maximum atomic E-state index is 14.7. The van der Waals surface area contributed by atoms with E-state index in [9.17, 15) is 4.39 Å². The third-order valence-corrected chi connectivity index (χ3v) is 7.06. The van der Waals surface area contributed by atoms with Gasteiger partial charge in [-0.1, -0.05) is 0 Å². The molecule has 0 atom stereocenters. The van der Waals surface area contributed by atoms with Gasteiger partial charge in [0.1, 0.15) is 35.1 Å². The molecule has 194 valence electrons. The van der Waals surface area contributed by atoms with Gasteiger partial charge in [0.05, 0.1) is 28.8 Å². The Bertz CT molecular complexity index is 1780. The zero-order valence-electron chi connectivity index (χ0n) is 21.1. The molecule has 2 N–H and O–H groups in total. The standard InChI is InChI=1S/C29H25FN8O/c30-19-13-18(14-20(15-19)39-12-11-38-9-1-2-10-38)27-21-16-25(34-22(21)5-6-33-27)29-28-24(36-37-29)4-3-23(35-28)26-17-31-7-8-32-26/h3-8,13-17,34H,1-2,9-12H2,(H,36,37). The Labute approximate surface area is 223 Å². The molecule has 1 aliphatic heterocycles. The van der Waals surface area contributed by atoms with Crippen LogP contribution in [0.2, 0.25) is 0 Å². The molecular weight excluding hydrogens is 495 g/mol. The number of rotatable bonds is 7. The fourth-order valence-electron chi connectivity index (χ4n) is 5.15. The Morgan fingerprint density at radius 3 is 2.69 bits per heavy atom. The van der Waals surface area contributed by atoms with Crippen molar-refractivity contribution in [1.29, 1.82) is 0 Å². The molecule has 0 radical (unpaired) electrons. The number of aromatic nitrogens is 7. The second kappa shape index (κ2) is 9.88. The normalized spacial score (nSPS) is 14.0. The molecule has 0 aliphatic carbocycles. The molecule has 0 amide bonds. The first kappa shape index (κ1) is 23.4. The van der Waals surface area contributed by atoms with E-state index in [-0.39, 0.29) is 5.82 Å². The third-order valence-electron chi connectivity index (χ3n) is 7.06. The van der Waals surface area contributed by atoms with Crippen LogP contribution in [0.1, 0.15) is 12.8 Å². The monoisotopic (exact) mass is 520 g/mol. The van der Waals surface area contributed by atoms with Gasteiger partial charge >= 0.3 is 0 Å². The number of ether oxygens (including phenoxy) is 1. The fraction of sp³-hybridized carbons (Fsp3) is 0.207. The van der Waals surface area contributed by atoms with Crippen LogP contribution in [0.15, 0.2) is 67.3 Å². The highest BCUT2D eigenvalue weighted by molar-refractivity contribution is 5.99. The van der Waals surface area contributed by atoms with E-state index >= 15 is 0 Å². The maximum Gasteiger partial charge on any atom is 0.135 e. The van der Waals surface area contributed by atoms with Crippen LogP contribution in [0.5, 0.6) is 5.75 Å². The molecule has 39 heavy (non-hydrogen) atoms. The number of aromatic amines is 2. The lowest BCUT2D eigenvalue weighted by molar-refractivity contribution is 0.237. The van der Waals surface area contributed by atoms with E-state index in [1.165, 1.54) is 25.0 Å². The number of fused-ring (bicyclic) bond motifs is 2. The Balaban J connectivity index is 1.23. The molecule has 1 aromatic carbocycles. The lowest BCUT2D eigenvalue weighted by atomic mass is 10.1. The van der Waals surface area contributed by atoms with Crippen LogP contribution >= 0.6 is 0 Å². The minimum atomic E-state index is -0.364. The van der Waals surface area contributed by atoms with Gasteiger partial charge in [0.2, 0.25) is 0 Å². The summed E-state index contributed by atoms with van der Waals surface area (Å²) >= 11 is 0. The largest absolute Gasteiger partial charge is 0.492 e. The number of nitrogens with zero attached hydrogens (tertiary/aromatic N) is 6. The summed E-state index contributed by atoms with van der Waals surface area (Å²) in [5.41, 5.74) is 6.50. The minimum absolute atomic E-state index is 0.364. The van der Waals surface area contributed by atoms with Crippen molar-refractivity contribution >= 4 is 21.9 Å². The molecule has 7 rings (SSSR count). The molecule has 1 fully saturated rings. The number of likely N-dealkylation sites (tertiary alicyclic amines) is 1. The average Bonchev–Trinajstić information content (AvgIpc) is 3.72. The molecule has 1 aliphatic rings. The van der Waals surface area contributed by atoms with Gasteiger partial charge in [0, 0.05) is 47.7 Å². The number of hydrogen-bond acceptors (Lipinski definition) is 7. The first-order valence-corrected chi connectivity index (χ1v) is 13.0. The Morgan fingerprint density at radius 1 is 0.897 bits per heavy atom. The number of H-pyrrole nitrogens is 2. The quantitative estimate of drug-likeness (QED) is 0.296. The van der Waals surface area contributed by atoms with E-state index in [0.29, 0.717) is 46.2 Å². The first-order chi connectivity index (χ1) is 19.2. The Morgan fingerprint density at radius 2 is 1.82 bits per heavy atom. The Kier molecular flexibility index (Phi) is 5.93. The number of pyridine rings is 2. The summed E-state index contributed by atoms with van der Waals surface area (Å²) in [6.07, 6.45) is 9.11. The van der Waals surface area contributed by atoms with Crippen LogP contribution < -0.4 is 4.74 Å². The fourth-order valence-corrected chi connectivity index (χ4v) is 5.15. The van der Waals surface area contributed by atoms with Crippen LogP contribution in [-0.4, -0.2) is 66.3 Å². The number of hydrogen-bond donors (Lipinski definition) is 2. The highest BCUT2D eigenvalue weighted by Crippen LogP contribution is 2.34. The van der Waals surface area contributed by atoms with Crippen LogP contribution in [0.4, 0.5) is 4.39 Å². The van der Waals surface area contributed by atoms with Crippen LogP contribution in [-0.2, 0) is 0 Å². The minimum Gasteiger partial charge on any atom is -0.492 e. The summed E-state index contributed by atoms with van der Waals surface area (Å²) < 4.78 is 20.6. The summed E-state index contributed by atoms with van der Waals surface area (Å²) in [5.74, 6) is 0.134. The molecule has 5 aromatic heterocycles. The molecule has 1 saturated heterocycles. The molecule has 0 bridgehead atoms. The molecule has 6 heterocycles. The predicted octanol–water partition coefficient (Wildman–Crippen LogP) is 5.24. The van der Waals surface area contributed by atoms with Crippen LogP contribution in [0.3, 0.4) is 0 Å². The summed E-state index contributed by atoms with van der Waals surface area (Å²) in [6, 6.07) is 12.4. The number of halogens is 1. The van der Waals surface area contributed by atoms with Crippen molar-refractivity contribution in [2.45, 2.75) is 12.8 Å². The van der Waals surface area contributed by atoms with Gasteiger partial charge in [0.25, 0.3) is 0 Å². The topological polar surface area (TPSA) is 108 Å². The molecule has 0 saturated carbocycles. The van der Waals surface area contributed by atoms with Crippen molar-refractivity contribution in [2.75, 3.05) is 26.2 Å². The van der Waals surface area contributed by atoms with Gasteiger partial charge in [-0.2, -0.15) is 5.10 Å². The molecule has 10 heteroatoms. The molecule has 6 aromatic rings. The van der Waals surface area contributed by atoms with Crippen molar-refractivity contribution in [3.8, 4) is 39.8 Å². The number of nitrogens with one attached hydrogen (secondary N) is 2. The molecule has 9 nitrogen and oxygen atoms in total. The van der Waals surface area contributed by atoms with Crippen molar-refractivity contribution in [1.82, 2.24) is 40.0 Å². The van der Waals surface area contributed by atoms with Crippen LogP contribution in [0.25, 0.3) is 56.0 Å². The second-order valence-corrected chi connectivity index (χ2v) is 9.63. The number of benzene rings is 1. The smallest absolute Gasteiger partial charge is 0.135 e. The predicted molar refractivity (Wildman–Crippen MR) is 147 cm³/mol. The zero-order valence-corrected chi connectivity index (χ0v) is 21.1. The highest BCUT2D eigenvalue weighted by Gasteiger charge is 2.17. The Hall–Kier alpha value is -4.70. The van der Waals surface area contributed by atoms with E-state index in [1.807, 2.05) is 30.3 Å². The van der Waals surface area contributed by atoms with E-state index in [2.05, 4.69) is 35.0 Å². The van der Waals surface area contributed by atoms with Crippen molar-refractivity contribution in [2.24, 2.45) is 0 Å². The zero-order chi connectivity index (χ0) is 26.2.